The van der Waals surface area contributed by atoms with Crippen LogP contribution < -0.4 is 15.4 Å². The highest BCUT2D eigenvalue weighted by Crippen LogP contribution is 2.35. The lowest BCUT2D eigenvalue weighted by Crippen LogP contribution is -2.24. The van der Waals surface area contributed by atoms with E-state index in [0.29, 0.717) is 13.0 Å². The number of nitrogens with zero attached hydrogens (tertiary/aromatic N) is 3. The maximum absolute atomic E-state index is 12.3. The van der Waals surface area contributed by atoms with Gasteiger partial charge in [0.2, 0.25) is 17.8 Å². The zero-order valence-electron chi connectivity index (χ0n) is 13.4. The lowest BCUT2D eigenvalue weighted by Gasteiger charge is -2.25. The zero-order valence-corrected chi connectivity index (χ0v) is 13.4. The zero-order chi connectivity index (χ0) is 16.9. The number of ether oxygens (including phenoxy) is 1. The maximum Gasteiger partial charge on any atom is 0.248 e. The van der Waals surface area contributed by atoms with Crippen molar-refractivity contribution < 1.29 is 14.3 Å². The Morgan fingerprint density at radius 2 is 2.17 bits per heavy atom. The van der Waals surface area contributed by atoms with Gasteiger partial charge in [0.1, 0.15) is 18.6 Å². The van der Waals surface area contributed by atoms with E-state index in [1.54, 1.807) is 7.05 Å². The van der Waals surface area contributed by atoms with Crippen molar-refractivity contribution in [1.82, 2.24) is 20.1 Å². The van der Waals surface area contributed by atoms with E-state index in [1.165, 1.54) is 11.0 Å². The standard InChI is InChI=1S/C16H19N5O3/c1-17-15(23)9-21-10-18-16(20-21)19-14(22)8-11-6-7-24-13-5-3-2-4-12(11)13/h2-5,10-11H,6-9H2,1H3,(H,17,23)(H,19,20,22)/t11-/m1/s1. The molecule has 0 radical (unpaired) electrons. The molecule has 3 rings (SSSR count). The van der Waals surface area contributed by atoms with E-state index >= 15 is 0 Å². The molecule has 0 bridgehead atoms. The van der Waals surface area contributed by atoms with Gasteiger partial charge in [-0.3, -0.25) is 14.9 Å². The lowest BCUT2D eigenvalue weighted by atomic mass is 9.90. The molecule has 1 aromatic heterocycles. The van der Waals surface area contributed by atoms with E-state index in [0.717, 1.165) is 17.7 Å². The van der Waals surface area contributed by atoms with Crippen molar-refractivity contribution in [2.45, 2.75) is 25.3 Å². The Morgan fingerprint density at radius 1 is 1.33 bits per heavy atom. The number of rotatable bonds is 5. The van der Waals surface area contributed by atoms with Crippen molar-refractivity contribution in [3.05, 3.63) is 36.2 Å². The van der Waals surface area contributed by atoms with Gasteiger partial charge in [0, 0.05) is 13.5 Å². The van der Waals surface area contributed by atoms with Gasteiger partial charge < -0.3 is 10.1 Å². The van der Waals surface area contributed by atoms with Crippen molar-refractivity contribution in [2.75, 3.05) is 19.0 Å². The predicted octanol–water partition coefficient (Wildman–Crippen LogP) is 0.919. The Kier molecular flexibility index (Phi) is 4.74. The Morgan fingerprint density at radius 3 is 3.00 bits per heavy atom. The lowest BCUT2D eigenvalue weighted by molar-refractivity contribution is -0.121. The number of hydrogen-bond donors (Lipinski definition) is 2. The average Bonchev–Trinajstić information content (AvgIpc) is 3.01. The van der Waals surface area contributed by atoms with E-state index in [-0.39, 0.29) is 30.2 Å². The minimum atomic E-state index is -0.184. The fourth-order valence-corrected chi connectivity index (χ4v) is 2.68. The minimum Gasteiger partial charge on any atom is -0.493 e. The normalized spacial score (nSPS) is 16.0. The first kappa shape index (κ1) is 16.0. The molecule has 126 valence electrons. The molecule has 0 saturated heterocycles. The highest BCUT2D eigenvalue weighted by atomic mass is 16.5. The summed E-state index contributed by atoms with van der Waals surface area (Å²) in [5.74, 6) is 0.813. The van der Waals surface area contributed by atoms with Gasteiger partial charge in [0.15, 0.2) is 0 Å². The third-order valence-electron chi connectivity index (χ3n) is 3.89. The molecule has 0 aliphatic carbocycles. The van der Waals surface area contributed by atoms with Crippen LogP contribution in [0, 0.1) is 0 Å². The van der Waals surface area contributed by atoms with Crippen LogP contribution in [0.1, 0.15) is 24.3 Å². The summed E-state index contributed by atoms with van der Waals surface area (Å²) in [5.41, 5.74) is 1.05. The summed E-state index contributed by atoms with van der Waals surface area (Å²) >= 11 is 0. The van der Waals surface area contributed by atoms with Crippen LogP contribution >= 0.6 is 0 Å². The van der Waals surface area contributed by atoms with E-state index in [4.69, 9.17) is 4.74 Å². The summed E-state index contributed by atoms with van der Waals surface area (Å²) in [6.45, 7) is 0.667. The van der Waals surface area contributed by atoms with Gasteiger partial charge in [-0.05, 0) is 24.0 Å². The molecule has 2 amide bonds. The first-order valence-corrected chi connectivity index (χ1v) is 7.77. The van der Waals surface area contributed by atoms with Crippen LogP contribution in [0.2, 0.25) is 0 Å². The molecular weight excluding hydrogens is 310 g/mol. The van der Waals surface area contributed by atoms with Crippen LogP contribution in [0.4, 0.5) is 5.95 Å². The second-order valence-corrected chi connectivity index (χ2v) is 5.56. The molecule has 2 N–H and O–H groups in total. The topological polar surface area (TPSA) is 98.1 Å². The Balaban J connectivity index is 1.60. The van der Waals surface area contributed by atoms with Crippen molar-refractivity contribution >= 4 is 17.8 Å². The molecule has 0 spiro atoms. The molecule has 1 atom stereocenters. The maximum atomic E-state index is 12.3. The summed E-state index contributed by atoms with van der Waals surface area (Å²) in [6, 6.07) is 7.77. The number of carbonyl (C=O) groups is 2. The van der Waals surface area contributed by atoms with Crippen LogP contribution in [-0.2, 0) is 16.1 Å². The molecule has 1 aliphatic heterocycles. The fourth-order valence-electron chi connectivity index (χ4n) is 2.68. The number of fused-ring (bicyclic) bond motifs is 1. The number of amides is 2. The number of nitrogens with one attached hydrogen (secondary N) is 2. The summed E-state index contributed by atoms with van der Waals surface area (Å²) in [6.07, 6.45) is 2.54. The Labute approximate surface area is 139 Å². The SMILES string of the molecule is CNC(=O)Cn1cnc(NC(=O)C[C@H]2CCOc3ccccc32)n1. The smallest absolute Gasteiger partial charge is 0.248 e. The van der Waals surface area contributed by atoms with Crippen LogP contribution in [0.3, 0.4) is 0 Å². The Bertz CT molecular complexity index is 743. The molecule has 1 aromatic carbocycles. The van der Waals surface area contributed by atoms with Crippen molar-refractivity contribution in [3.8, 4) is 5.75 Å². The Hall–Kier alpha value is -2.90. The first-order valence-electron chi connectivity index (χ1n) is 7.77. The predicted molar refractivity (Wildman–Crippen MR) is 86.6 cm³/mol. The van der Waals surface area contributed by atoms with E-state index in [9.17, 15) is 9.59 Å². The monoisotopic (exact) mass is 329 g/mol. The van der Waals surface area contributed by atoms with E-state index in [1.807, 2.05) is 24.3 Å². The fraction of sp³-hybridized carbons (Fsp3) is 0.375. The summed E-state index contributed by atoms with van der Waals surface area (Å²) in [5, 5.41) is 9.24. The summed E-state index contributed by atoms with van der Waals surface area (Å²) < 4.78 is 6.98. The minimum absolute atomic E-state index is 0.0622. The molecule has 0 unspecified atom stereocenters. The number of aromatic nitrogens is 3. The summed E-state index contributed by atoms with van der Waals surface area (Å²) in [4.78, 5) is 27.5. The number of likely N-dealkylation sites (N-methyl/N-ethyl adjacent to an activating group) is 1. The first-order chi connectivity index (χ1) is 11.7. The van der Waals surface area contributed by atoms with Gasteiger partial charge in [-0.1, -0.05) is 18.2 Å². The quantitative estimate of drug-likeness (QED) is 0.850. The van der Waals surface area contributed by atoms with Crippen molar-refractivity contribution in [3.63, 3.8) is 0 Å². The third-order valence-corrected chi connectivity index (χ3v) is 3.89. The number of carbonyl (C=O) groups excluding carboxylic acids is 2. The van der Waals surface area contributed by atoms with Crippen LogP contribution in [-0.4, -0.2) is 40.2 Å². The van der Waals surface area contributed by atoms with Crippen LogP contribution in [0.15, 0.2) is 30.6 Å². The molecule has 8 heteroatoms. The number of para-hydroxylation sites is 1. The van der Waals surface area contributed by atoms with Gasteiger partial charge in [0.05, 0.1) is 6.61 Å². The second-order valence-electron chi connectivity index (χ2n) is 5.56. The number of benzene rings is 1. The number of hydrogen-bond acceptors (Lipinski definition) is 5. The molecule has 8 nitrogen and oxygen atoms in total. The molecule has 0 fully saturated rings. The van der Waals surface area contributed by atoms with E-state index in [2.05, 4.69) is 20.7 Å². The van der Waals surface area contributed by atoms with Crippen LogP contribution in [0.25, 0.3) is 0 Å². The van der Waals surface area contributed by atoms with Gasteiger partial charge in [-0.25, -0.2) is 9.67 Å². The van der Waals surface area contributed by atoms with Gasteiger partial charge in [-0.15, -0.1) is 5.10 Å². The molecule has 1 aliphatic rings. The largest absolute Gasteiger partial charge is 0.493 e. The molecule has 24 heavy (non-hydrogen) atoms. The molecule has 2 heterocycles. The number of anilines is 1. The molecule has 2 aromatic rings. The third kappa shape index (κ3) is 3.70. The average molecular weight is 329 g/mol. The highest BCUT2D eigenvalue weighted by molar-refractivity contribution is 5.89. The summed E-state index contributed by atoms with van der Waals surface area (Å²) in [7, 11) is 1.55. The van der Waals surface area contributed by atoms with Crippen molar-refractivity contribution in [2.24, 2.45) is 0 Å². The molecule has 0 saturated carbocycles. The van der Waals surface area contributed by atoms with Gasteiger partial charge in [0.25, 0.3) is 0 Å². The molecular formula is C16H19N5O3. The second kappa shape index (κ2) is 7.12. The highest BCUT2D eigenvalue weighted by Gasteiger charge is 2.23. The van der Waals surface area contributed by atoms with Crippen LogP contribution in [0.5, 0.6) is 5.75 Å². The van der Waals surface area contributed by atoms with Gasteiger partial charge >= 0.3 is 0 Å². The van der Waals surface area contributed by atoms with E-state index < -0.39 is 0 Å². The van der Waals surface area contributed by atoms with Crippen molar-refractivity contribution in [1.29, 1.82) is 0 Å². The van der Waals surface area contributed by atoms with Gasteiger partial charge in [-0.2, -0.15) is 0 Å².